The van der Waals surface area contributed by atoms with Crippen molar-refractivity contribution in [2.75, 3.05) is 18.1 Å². The molecule has 8 nitrogen and oxygen atoms in total. The Labute approximate surface area is 189 Å². The lowest BCUT2D eigenvalue weighted by Crippen LogP contribution is -2.52. The number of cyclic esters (lactones) is 1. The van der Waals surface area contributed by atoms with Gasteiger partial charge in [-0.2, -0.15) is 0 Å². The molecule has 1 aromatic rings. The molecule has 3 heterocycles. The summed E-state index contributed by atoms with van der Waals surface area (Å²) in [6, 6.07) is 2.86. The lowest BCUT2D eigenvalue weighted by molar-refractivity contribution is 0.0623. The summed E-state index contributed by atoms with van der Waals surface area (Å²) >= 11 is 0. The van der Waals surface area contributed by atoms with Gasteiger partial charge in [0.1, 0.15) is 33.5 Å². The maximum atomic E-state index is 15.2. The van der Waals surface area contributed by atoms with E-state index in [1.54, 1.807) is 34.0 Å². The van der Waals surface area contributed by atoms with E-state index < -0.39 is 37.7 Å². The Bertz CT molecular complexity index is 1120. The highest BCUT2D eigenvalue weighted by molar-refractivity contribution is 7.95. The Morgan fingerprint density at radius 1 is 1.09 bits per heavy atom. The number of halogens is 1. The number of hydrogen-bond donors (Lipinski definition) is 2. The average Bonchev–Trinajstić information content (AvgIpc) is 3.44. The molecule has 2 N–H and O–H groups in total. The van der Waals surface area contributed by atoms with Gasteiger partial charge in [-0.05, 0) is 77.8 Å². The van der Waals surface area contributed by atoms with Crippen molar-refractivity contribution in [3.63, 3.8) is 0 Å². The Morgan fingerprint density at radius 2 is 1.75 bits per heavy atom. The summed E-state index contributed by atoms with van der Waals surface area (Å²) < 4.78 is 38.0. The maximum Gasteiger partial charge on any atom is 0.414 e. The smallest absolute Gasteiger partial charge is 0.414 e. The van der Waals surface area contributed by atoms with Crippen LogP contribution in [0.25, 0.3) is 0 Å². The fourth-order valence-corrected chi connectivity index (χ4v) is 5.44. The highest BCUT2D eigenvalue weighted by Gasteiger charge is 2.48. The third kappa shape index (κ3) is 4.09. The van der Waals surface area contributed by atoms with Gasteiger partial charge >= 0.3 is 6.09 Å². The first-order valence-electron chi connectivity index (χ1n) is 10.9. The second kappa shape index (κ2) is 7.13. The van der Waals surface area contributed by atoms with Gasteiger partial charge in [0.2, 0.25) is 0 Å². The molecule has 10 heteroatoms. The third-order valence-electron chi connectivity index (χ3n) is 6.97. The van der Waals surface area contributed by atoms with Crippen LogP contribution in [0.15, 0.2) is 21.5 Å². The number of alkyl carbamates (subject to hydrolysis) is 1. The summed E-state index contributed by atoms with van der Waals surface area (Å²) in [7, 11) is -2.82. The van der Waals surface area contributed by atoms with Crippen LogP contribution in [0.1, 0.15) is 66.0 Å². The molecule has 176 valence electrons. The average molecular weight is 466 g/mol. The normalized spacial score (nSPS) is 32.7. The van der Waals surface area contributed by atoms with Gasteiger partial charge in [0.25, 0.3) is 0 Å². The van der Waals surface area contributed by atoms with E-state index in [0.717, 1.165) is 19.3 Å². The van der Waals surface area contributed by atoms with Crippen molar-refractivity contribution in [1.82, 2.24) is 10.3 Å². The number of ether oxygens (including phenoxy) is 1. The second-order valence-electron chi connectivity index (χ2n) is 10.5. The van der Waals surface area contributed by atoms with Crippen LogP contribution in [0.4, 0.5) is 15.0 Å². The van der Waals surface area contributed by atoms with Crippen LogP contribution in [-0.2, 0) is 20.0 Å². The summed E-state index contributed by atoms with van der Waals surface area (Å²) in [5.74, 6) is 0.0511. The number of amides is 1. The van der Waals surface area contributed by atoms with Crippen LogP contribution in [0.5, 0.6) is 0 Å². The predicted molar refractivity (Wildman–Crippen MR) is 123 cm³/mol. The molecule has 1 fully saturated rings. The maximum absolute atomic E-state index is 15.2. The van der Waals surface area contributed by atoms with E-state index in [1.807, 2.05) is 6.92 Å². The van der Waals surface area contributed by atoms with Crippen molar-refractivity contribution in [2.45, 2.75) is 76.3 Å². The number of carbonyl (C=O) groups is 1. The summed E-state index contributed by atoms with van der Waals surface area (Å²) in [6.07, 6.45) is 4.09. The number of amidine groups is 1. The lowest BCUT2D eigenvalue weighted by Gasteiger charge is -2.35. The van der Waals surface area contributed by atoms with Gasteiger partial charge < -0.3 is 10.1 Å². The van der Waals surface area contributed by atoms with E-state index in [4.69, 9.17) is 9.73 Å². The van der Waals surface area contributed by atoms with Crippen molar-refractivity contribution >= 4 is 27.5 Å². The molecule has 1 amide bonds. The lowest BCUT2D eigenvalue weighted by atomic mass is 9.86. The molecule has 1 spiro atoms. The molecule has 2 atom stereocenters. The van der Waals surface area contributed by atoms with Gasteiger partial charge in [-0.25, -0.2) is 22.7 Å². The molecule has 1 saturated carbocycles. The fraction of sp³-hybridized carbons (Fsp3) is 0.682. The second-order valence-corrected chi connectivity index (χ2v) is 13.4. The number of anilines is 1. The minimum Gasteiger partial charge on any atom is -0.423 e. The number of pyridine rings is 1. The molecule has 0 saturated heterocycles. The van der Waals surface area contributed by atoms with Gasteiger partial charge in [0.15, 0.2) is 5.72 Å². The van der Waals surface area contributed by atoms with Crippen LogP contribution in [-0.4, -0.2) is 44.4 Å². The number of carbonyl (C=O) groups excluding carboxylic acids is 1. The zero-order chi connectivity index (χ0) is 23.6. The monoisotopic (exact) mass is 465 g/mol. The highest BCUT2D eigenvalue weighted by Crippen LogP contribution is 2.53. The molecule has 3 aliphatic rings. The largest absolute Gasteiger partial charge is 0.423 e. The van der Waals surface area contributed by atoms with Crippen LogP contribution >= 0.6 is 0 Å². The zero-order valence-electron chi connectivity index (χ0n) is 19.5. The van der Waals surface area contributed by atoms with E-state index >= 15 is 4.39 Å². The van der Waals surface area contributed by atoms with Gasteiger partial charge in [-0.3, -0.25) is 10.3 Å². The predicted octanol–water partition coefficient (Wildman–Crippen LogP) is 4.17. The van der Waals surface area contributed by atoms with E-state index in [-0.39, 0.29) is 16.9 Å². The van der Waals surface area contributed by atoms with Gasteiger partial charge in [0.05, 0.1) is 16.3 Å². The first kappa shape index (κ1) is 22.9. The Balaban J connectivity index is 1.99. The van der Waals surface area contributed by atoms with E-state index in [0.29, 0.717) is 18.8 Å². The number of nitrogens with zero attached hydrogens (tertiary/aromatic N) is 3. The fourth-order valence-electron chi connectivity index (χ4n) is 4.14. The van der Waals surface area contributed by atoms with Crippen LogP contribution < -0.4 is 10.6 Å². The number of fused-ring (bicyclic) bond motifs is 4. The van der Waals surface area contributed by atoms with Gasteiger partial charge in [0, 0.05) is 6.26 Å². The quantitative estimate of drug-likeness (QED) is 0.598. The number of aliphatic imine (C=N–C) groups is 1. The molecular weight excluding hydrogens is 433 g/mol. The topological polar surface area (TPSA) is 105 Å². The van der Waals surface area contributed by atoms with Gasteiger partial charge in [-0.15, -0.1) is 0 Å². The summed E-state index contributed by atoms with van der Waals surface area (Å²) in [5.41, 5.74) is -2.07. The van der Waals surface area contributed by atoms with Crippen molar-refractivity contribution in [1.29, 1.82) is 0 Å². The van der Waals surface area contributed by atoms with Gasteiger partial charge in [-0.1, -0.05) is 0 Å². The minimum atomic E-state index is -2.82. The van der Waals surface area contributed by atoms with Crippen molar-refractivity contribution in [3.8, 4) is 0 Å². The molecule has 0 radical (unpaired) electrons. The first-order valence-corrected chi connectivity index (χ1v) is 12.8. The Kier molecular flexibility index (Phi) is 5.12. The molecule has 1 aromatic heterocycles. The zero-order valence-corrected chi connectivity index (χ0v) is 20.4. The minimum absolute atomic E-state index is 0.0301. The Morgan fingerprint density at radius 3 is 2.41 bits per heavy atom. The van der Waals surface area contributed by atoms with Crippen LogP contribution in [0, 0.1) is 11.2 Å². The number of aromatic nitrogens is 1. The third-order valence-corrected chi connectivity index (χ3v) is 9.68. The van der Waals surface area contributed by atoms with E-state index in [9.17, 15) is 9.00 Å². The van der Waals surface area contributed by atoms with E-state index in [1.165, 1.54) is 12.1 Å². The molecule has 0 unspecified atom stereocenters. The van der Waals surface area contributed by atoms with Crippen LogP contribution in [0.2, 0.25) is 0 Å². The molecular formula is C22H32FN5O3S. The molecule has 2 aliphatic heterocycles. The summed E-state index contributed by atoms with van der Waals surface area (Å²) in [4.78, 5) is 22.3. The van der Waals surface area contributed by atoms with Crippen molar-refractivity contribution in [3.05, 3.63) is 23.6 Å². The molecule has 4 rings (SSSR count). The molecule has 32 heavy (non-hydrogen) atoms. The summed E-state index contributed by atoms with van der Waals surface area (Å²) in [5, 5.41) is 5.76. The molecule has 0 aromatic carbocycles. The number of nitrogens with one attached hydrogen (secondary N) is 2. The summed E-state index contributed by atoms with van der Waals surface area (Å²) in [6.45, 7) is 9.11. The standard InChI is InChI=1S/C22H32FN5O3S/c1-19(2)17-26-18(29)31-20(3,4)27-15-8-7-14(23)16(25-15)21(5,28-17)9-10-22(11-12-22)13-24-32(19,6)30/h7-8H,9-13H2,1-6H3,(H,25,27)(H,26,28,29)/t21-,32+/m0/s1. The SMILES string of the molecule is CC1(C)Nc2ccc(F)c(n2)[C@]2(C)CCC3(CC3)CN=[S@](C)(=O)C(C)(C)C(=N2)NC(=O)O1. The molecule has 1 aliphatic carbocycles. The van der Waals surface area contributed by atoms with Crippen LogP contribution in [0.3, 0.4) is 0 Å². The Hall–Kier alpha value is -2.23. The van der Waals surface area contributed by atoms with Crippen molar-refractivity contribution < 1.29 is 18.1 Å². The number of hydrogen-bond acceptors (Lipinski definition) is 7. The van der Waals surface area contributed by atoms with E-state index in [2.05, 4.69) is 20.0 Å². The number of rotatable bonds is 0. The highest BCUT2D eigenvalue weighted by atomic mass is 32.2. The van der Waals surface area contributed by atoms with Crippen molar-refractivity contribution in [2.24, 2.45) is 14.8 Å². The first-order chi connectivity index (χ1) is 14.7. The molecule has 4 bridgehead atoms.